The van der Waals surface area contributed by atoms with Gasteiger partial charge in [0.1, 0.15) is 0 Å². The molecule has 90 valence electrons. The number of aryl methyl sites for hydroxylation is 1. The average Bonchev–Trinajstić information content (AvgIpc) is 2.78. The van der Waals surface area contributed by atoms with E-state index in [1.54, 1.807) is 0 Å². The molecule has 0 spiro atoms. The first-order chi connectivity index (χ1) is 8.19. The second-order valence-electron chi connectivity index (χ2n) is 3.83. The molecule has 2 nitrogen and oxygen atoms in total. The van der Waals surface area contributed by atoms with Crippen molar-refractivity contribution in [3.05, 3.63) is 51.7 Å². The molecule has 17 heavy (non-hydrogen) atoms. The van der Waals surface area contributed by atoms with Crippen LogP contribution in [0.15, 0.2) is 41.1 Å². The number of hydrogen-bond acceptors (Lipinski definition) is 1. The third-order valence-electron chi connectivity index (χ3n) is 2.59. The second kappa shape index (κ2) is 5.61. The van der Waals surface area contributed by atoms with Gasteiger partial charge in [0.15, 0.2) is 0 Å². The minimum atomic E-state index is 0.739. The van der Waals surface area contributed by atoms with Crippen LogP contribution in [0.3, 0.4) is 0 Å². The molecule has 0 fully saturated rings. The lowest BCUT2D eigenvalue weighted by atomic mass is 10.3. The lowest BCUT2D eigenvalue weighted by Gasteiger charge is -2.07. The maximum absolute atomic E-state index is 6.11. The molecule has 0 bridgehead atoms. The van der Waals surface area contributed by atoms with E-state index in [4.69, 9.17) is 11.6 Å². The van der Waals surface area contributed by atoms with Crippen molar-refractivity contribution in [2.75, 3.05) is 5.32 Å². The highest BCUT2D eigenvalue weighted by atomic mass is 79.9. The first-order valence-electron chi connectivity index (χ1n) is 5.52. The summed E-state index contributed by atoms with van der Waals surface area (Å²) in [6.07, 6.45) is 4.22. The predicted octanol–water partition coefficient (Wildman–Crippen LogP) is 4.54. The van der Waals surface area contributed by atoms with Gasteiger partial charge in [0, 0.05) is 30.0 Å². The van der Waals surface area contributed by atoms with Gasteiger partial charge in [0.25, 0.3) is 0 Å². The molecule has 2 rings (SSSR count). The first-order valence-corrected chi connectivity index (χ1v) is 6.69. The Morgan fingerprint density at radius 2 is 2.18 bits per heavy atom. The summed E-state index contributed by atoms with van der Waals surface area (Å²) in [6, 6.07) is 7.91. The second-order valence-corrected chi connectivity index (χ2v) is 5.15. The quantitative estimate of drug-likeness (QED) is 0.877. The fourth-order valence-electron chi connectivity index (χ4n) is 1.62. The normalized spacial score (nSPS) is 10.5. The van der Waals surface area contributed by atoms with Crippen LogP contribution in [0.25, 0.3) is 0 Å². The summed E-state index contributed by atoms with van der Waals surface area (Å²) < 4.78 is 3.18. The van der Waals surface area contributed by atoms with Gasteiger partial charge in [-0.1, -0.05) is 27.5 Å². The monoisotopic (exact) mass is 312 g/mol. The van der Waals surface area contributed by atoms with E-state index in [2.05, 4.69) is 51.2 Å². The molecule has 0 unspecified atom stereocenters. The Balaban J connectivity index is 2.04. The van der Waals surface area contributed by atoms with Crippen LogP contribution in [0.5, 0.6) is 0 Å². The topological polar surface area (TPSA) is 17.0 Å². The molecule has 2 aromatic rings. The lowest BCUT2D eigenvalue weighted by Crippen LogP contribution is -1.99. The number of halogens is 2. The highest BCUT2D eigenvalue weighted by Crippen LogP contribution is 2.26. The molecular weight excluding hydrogens is 300 g/mol. The third-order valence-corrected chi connectivity index (χ3v) is 3.41. The summed E-state index contributed by atoms with van der Waals surface area (Å²) in [4.78, 5) is 0. The SMILES string of the molecule is CCn1ccc(CNc2cc(Br)ccc2Cl)c1. The van der Waals surface area contributed by atoms with Gasteiger partial charge in [-0.15, -0.1) is 0 Å². The molecule has 1 N–H and O–H groups in total. The van der Waals surface area contributed by atoms with Crippen molar-refractivity contribution < 1.29 is 0 Å². The molecule has 0 saturated carbocycles. The highest BCUT2D eigenvalue weighted by molar-refractivity contribution is 9.10. The Hall–Kier alpha value is -0.930. The zero-order valence-corrected chi connectivity index (χ0v) is 11.9. The standard InChI is InChI=1S/C13H14BrClN2/c1-2-17-6-5-10(9-17)8-16-13-7-11(14)3-4-12(13)15/h3-7,9,16H,2,8H2,1H3. The zero-order chi connectivity index (χ0) is 12.3. The molecule has 0 atom stereocenters. The number of anilines is 1. The average molecular weight is 314 g/mol. The van der Waals surface area contributed by atoms with Crippen LogP contribution in [0.4, 0.5) is 5.69 Å². The van der Waals surface area contributed by atoms with Gasteiger partial charge in [-0.25, -0.2) is 0 Å². The van der Waals surface area contributed by atoms with Crippen molar-refractivity contribution in [3.63, 3.8) is 0 Å². The fraction of sp³-hybridized carbons (Fsp3) is 0.231. The van der Waals surface area contributed by atoms with Gasteiger partial charge in [-0.3, -0.25) is 0 Å². The fourth-order valence-corrected chi connectivity index (χ4v) is 2.17. The Kier molecular flexibility index (Phi) is 4.13. The van der Waals surface area contributed by atoms with Gasteiger partial charge < -0.3 is 9.88 Å². The minimum Gasteiger partial charge on any atom is -0.380 e. The van der Waals surface area contributed by atoms with E-state index in [1.165, 1.54) is 5.56 Å². The Morgan fingerprint density at radius 1 is 1.35 bits per heavy atom. The molecule has 0 aliphatic heterocycles. The van der Waals surface area contributed by atoms with E-state index in [0.29, 0.717) is 0 Å². The maximum atomic E-state index is 6.11. The van der Waals surface area contributed by atoms with Crippen molar-refractivity contribution in [2.45, 2.75) is 20.0 Å². The van der Waals surface area contributed by atoms with Crippen LogP contribution in [-0.4, -0.2) is 4.57 Å². The van der Waals surface area contributed by atoms with Crippen molar-refractivity contribution in [3.8, 4) is 0 Å². The predicted molar refractivity (Wildman–Crippen MR) is 76.6 cm³/mol. The number of nitrogens with one attached hydrogen (secondary N) is 1. The van der Waals surface area contributed by atoms with Gasteiger partial charge >= 0.3 is 0 Å². The van der Waals surface area contributed by atoms with E-state index < -0.39 is 0 Å². The molecule has 1 aromatic heterocycles. The number of aromatic nitrogens is 1. The molecular formula is C13H14BrClN2. The Morgan fingerprint density at radius 3 is 2.88 bits per heavy atom. The Bertz CT molecular complexity index is 508. The van der Waals surface area contributed by atoms with Crippen LogP contribution in [0, 0.1) is 0 Å². The third kappa shape index (κ3) is 3.27. The van der Waals surface area contributed by atoms with E-state index >= 15 is 0 Å². The summed E-state index contributed by atoms with van der Waals surface area (Å²) >= 11 is 9.54. The molecule has 0 amide bonds. The van der Waals surface area contributed by atoms with E-state index in [1.807, 2.05) is 18.2 Å². The van der Waals surface area contributed by atoms with Crippen molar-refractivity contribution >= 4 is 33.2 Å². The lowest BCUT2D eigenvalue weighted by molar-refractivity contribution is 0.766. The molecule has 0 aliphatic rings. The number of nitrogens with zero attached hydrogens (tertiary/aromatic N) is 1. The summed E-state index contributed by atoms with van der Waals surface area (Å²) in [7, 11) is 0. The summed E-state index contributed by atoms with van der Waals surface area (Å²) in [5.74, 6) is 0. The van der Waals surface area contributed by atoms with Crippen molar-refractivity contribution in [2.24, 2.45) is 0 Å². The molecule has 0 saturated heterocycles. The summed E-state index contributed by atoms with van der Waals surface area (Å²) in [5, 5.41) is 4.07. The van der Waals surface area contributed by atoms with E-state index in [0.717, 1.165) is 28.3 Å². The van der Waals surface area contributed by atoms with Crippen molar-refractivity contribution in [1.29, 1.82) is 0 Å². The highest BCUT2D eigenvalue weighted by Gasteiger charge is 2.01. The summed E-state index contributed by atoms with van der Waals surface area (Å²) in [6.45, 7) is 3.91. The minimum absolute atomic E-state index is 0.739. The maximum Gasteiger partial charge on any atom is 0.0638 e. The van der Waals surface area contributed by atoms with Crippen LogP contribution in [0.2, 0.25) is 5.02 Å². The molecule has 1 aromatic carbocycles. The van der Waals surface area contributed by atoms with Crippen LogP contribution in [-0.2, 0) is 13.1 Å². The summed E-state index contributed by atoms with van der Waals surface area (Å²) in [5.41, 5.74) is 2.20. The van der Waals surface area contributed by atoms with Gasteiger partial charge in [-0.05, 0) is 36.8 Å². The number of rotatable bonds is 4. The zero-order valence-electron chi connectivity index (χ0n) is 9.58. The Labute approximate surface area is 115 Å². The number of hydrogen-bond donors (Lipinski definition) is 1. The van der Waals surface area contributed by atoms with Gasteiger partial charge in [-0.2, -0.15) is 0 Å². The first kappa shape index (κ1) is 12.5. The van der Waals surface area contributed by atoms with Gasteiger partial charge in [0.05, 0.1) is 10.7 Å². The van der Waals surface area contributed by atoms with Crippen LogP contribution >= 0.6 is 27.5 Å². The van der Waals surface area contributed by atoms with Crippen LogP contribution in [0.1, 0.15) is 12.5 Å². The van der Waals surface area contributed by atoms with Crippen LogP contribution < -0.4 is 5.32 Å². The van der Waals surface area contributed by atoms with E-state index in [9.17, 15) is 0 Å². The largest absolute Gasteiger partial charge is 0.380 e. The number of benzene rings is 1. The molecule has 4 heteroatoms. The molecule has 1 heterocycles. The van der Waals surface area contributed by atoms with Crippen molar-refractivity contribution in [1.82, 2.24) is 4.57 Å². The van der Waals surface area contributed by atoms with E-state index in [-0.39, 0.29) is 0 Å². The smallest absolute Gasteiger partial charge is 0.0638 e. The van der Waals surface area contributed by atoms with Gasteiger partial charge in [0.2, 0.25) is 0 Å². The molecule has 0 radical (unpaired) electrons. The molecule has 0 aliphatic carbocycles.